The van der Waals surface area contributed by atoms with E-state index in [4.69, 9.17) is 4.74 Å². The van der Waals surface area contributed by atoms with Gasteiger partial charge in [-0.05, 0) is 37.5 Å². The Morgan fingerprint density at radius 3 is 2.50 bits per heavy atom. The van der Waals surface area contributed by atoms with Crippen LogP contribution in [0.25, 0.3) is 5.69 Å². The van der Waals surface area contributed by atoms with E-state index >= 15 is 0 Å². The van der Waals surface area contributed by atoms with Crippen molar-refractivity contribution in [2.24, 2.45) is 0 Å². The summed E-state index contributed by atoms with van der Waals surface area (Å²) in [7, 11) is 3.46. The minimum Gasteiger partial charge on any atom is -0.496 e. The van der Waals surface area contributed by atoms with Gasteiger partial charge >= 0.3 is 0 Å². The van der Waals surface area contributed by atoms with Crippen molar-refractivity contribution in [3.63, 3.8) is 0 Å². The van der Waals surface area contributed by atoms with E-state index < -0.39 is 0 Å². The second-order valence-corrected chi connectivity index (χ2v) is 8.79. The summed E-state index contributed by atoms with van der Waals surface area (Å²) < 4.78 is 7.48. The van der Waals surface area contributed by atoms with Crippen LogP contribution in [0.2, 0.25) is 0 Å². The molecule has 2 heterocycles. The van der Waals surface area contributed by atoms with Crippen LogP contribution in [0.1, 0.15) is 24.8 Å². The Morgan fingerprint density at radius 1 is 1.03 bits per heavy atom. The Morgan fingerprint density at radius 2 is 1.75 bits per heavy atom. The third-order valence-corrected chi connectivity index (χ3v) is 6.53. The van der Waals surface area contributed by atoms with E-state index in [-0.39, 0.29) is 11.7 Å². The zero-order valence-corrected chi connectivity index (χ0v) is 19.4. The molecule has 0 unspecified atom stereocenters. The number of para-hydroxylation sites is 2. The molecule has 1 saturated heterocycles. The fourth-order valence-corrected chi connectivity index (χ4v) is 4.76. The van der Waals surface area contributed by atoms with Crippen molar-refractivity contribution >= 4 is 23.6 Å². The molecule has 2 aromatic carbocycles. The molecule has 1 amide bonds. The Hall–Kier alpha value is -3.00. The number of amides is 1. The quantitative estimate of drug-likeness (QED) is 0.482. The minimum atomic E-state index is 0.0306. The Kier molecular flexibility index (Phi) is 7.32. The monoisotopic (exact) mass is 451 g/mol. The van der Waals surface area contributed by atoms with Crippen LogP contribution in [0.4, 0.5) is 5.95 Å². The van der Waals surface area contributed by atoms with Crippen molar-refractivity contribution in [2.75, 3.05) is 37.9 Å². The van der Waals surface area contributed by atoms with Gasteiger partial charge in [0.1, 0.15) is 5.75 Å². The predicted octanol–water partition coefficient (Wildman–Crippen LogP) is 4.02. The van der Waals surface area contributed by atoms with Gasteiger partial charge in [0.15, 0.2) is 5.16 Å². The molecule has 1 aliphatic heterocycles. The number of methoxy groups -OCH3 is 1. The number of hydrogen-bond donors (Lipinski definition) is 0. The molecule has 7 nitrogen and oxygen atoms in total. The van der Waals surface area contributed by atoms with Crippen LogP contribution in [0.3, 0.4) is 0 Å². The summed E-state index contributed by atoms with van der Waals surface area (Å²) in [5, 5.41) is 9.69. The minimum absolute atomic E-state index is 0.0306. The summed E-state index contributed by atoms with van der Waals surface area (Å²) in [6, 6.07) is 17.9. The van der Waals surface area contributed by atoms with Crippen molar-refractivity contribution in [3.05, 3.63) is 60.2 Å². The second kappa shape index (κ2) is 10.5. The lowest BCUT2D eigenvalue weighted by atomic mass is 10.1. The average Bonchev–Trinajstić information content (AvgIpc) is 3.28. The number of nitrogens with zero attached hydrogens (tertiary/aromatic N) is 5. The number of anilines is 1. The first-order valence-corrected chi connectivity index (χ1v) is 11.9. The highest BCUT2D eigenvalue weighted by molar-refractivity contribution is 7.99. The fourth-order valence-electron chi connectivity index (χ4n) is 3.87. The molecule has 4 rings (SSSR count). The van der Waals surface area contributed by atoms with Crippen molar-refractivity contribution < 1.29 is 9.53 Å². The van der Waals surface area contributed by atoms with Crippen molar-refractivity contribution in [1.82, 2.24) is 19.7 Å². The van der Waals surface area contributed by atoms with Gasteiger partial charge in [0.05, 0.1) is 18.6 Å². The van der Waals surface area contributed by atoms with Gasteiger partial charge in [-0.1, -0.05) is 48.2 Å². The van der Waals surface area contributed by atoms with E-state index in [0.717, 1.165) is 54.0 Å². The summed E-state index contributed by atoms with van der Waals surface area (Å²) >= 11 is 1.42. The normalized spacial score (nSPS) is 13.8. The van der Waals surface area contributed by atoms with Crippen LogP contribution in [-0.4, -0.2) is 58.6 Å². The molecule has 0 radical (unpaired) electrons. The molecule has 0 N–H and O–H groups in total. The SMILES string of the molecule is COc1ccccc1CN(C)C(=O)CSc1nnc(N2CCCCC2)n1-c1ccccc1. The zero-order chi connectivity index (χ0) is 22.3. The molecule has 32 heavy (non-hydrogen) atoms. The van der Waals surface area contributed by atoms with Crippen LogP contribution in [0, 0.1) is 0 Å². The van der Waals surface area contributed by atoms with Gasteiger partial charge in [-0.2, -0.15) is 0 Å². The zero-order valence-electron chi connectivity index (χ0n) is 18.6. The molecule has 0 atom stereocenters. The summed E-state index contributed by atoms with van der Waals surface area (Å²) in [5.41, 5.74) is 1.99. The molecular formula is C24H29N5O2S. The first-order chi connectivity index (χ1) is 15.7. The van der Waals surface area contributed by atoms with Gasteiger partial charge in [-0.25, -0.2) is 0 Å². The maximum Gasteiger partial charge on any atom is 0.233 e. The van der Waals surface area contributed by atoms with Gasteiger partial charge in [-0.3, -0.25) is 9.36 Å². The van der Waals surface area contributed by atoms with E-state index in [1.807, 2.05) is 49.5 Å². The Bertz CT molecular complexity index is 1030. The average molecular weight is 452 g/mol. The Labute approximate surface area is 193 Å². The predicted molar refractivity (Wildman–Crippen MR) is 128 cm³/mol. The van der Waals surface area contributed by atoms with E-state index in [1.165, 1.54) is 18.2 Å². The maximum atomic E-state index is 12.9. The molecule has 3 aromatic rings. The van der Waals surface area contributed by atoms with Gasteiger partial charge in [0.2, 0.25) is 11.9 Å². The van der Waals surface area contributed by atoms with Crippen molar-refractivity contribution in [2.45, 2.75) is 31.0 Å². The van der Waals surface area contributed by atoms with Crippen LogP contribution in [0.5, 0.6) is 5.75 Å². The summed E-state index contributed by atoms with van der Waals surface area (Å²) in [6.07, 6.45) is 3.58. The summed E-state index contributed by atoms with van der Waals surface area (Å²) in [5.74, 6) is 1.96. The fraction of sp³-hybridized carbons (Fsp3) is 0.375. The second-order valence-electron chi connectivity index (χ2n) is 7.85. The lowest BCUT2D eigenvalue weighted by Crippen LogP contribution is -2.31. The number of carbonyl (C=O) groups is 1. The summed E-state index contributed by atoms with van der Waals surface area (Å²) in [6.45, 7) is 2.46. The van der Waals surface area contributed by atoms with E-state index in [2.05, 4.69) is 31.8 Å². The van der Waals surface area contributed by atoms with Crippen molar-refractivity contribution in [3.8, 4) is 11.4 Å². The van der Waals surface area contributed by atoms with Crippen LogP contribution in [-0.2, 0) is 11.3 Å². The van der Waals surface area contributed by atoms with Gasteiger partial charge in [0.25, 0.3) is 0 Å². The third-order valence-electron chi connectivity index (χ3n) is 5.62. The Balaban J connectivity index is 1.49. The van der Waals surface area contributed by atoms with Gasteiger partial charge in [-0.15, -0.1) is 10.2 Å². The first kappa shape index (κ1) is 22.2. The topological polar surface area (TPSA) is 63.5 Å². The number of hydrogen-bond acceptors (Lipinski definition) is 6. The van der Waals surface area contributed by atoms with Gasteiger partial charge in [0, 0.05) is 32.2 Å². The lowest BCUT2D eigenvalue weighted by Gasteiger charge is -2.27. The lowest BCUT2D eigenvalue weighted by molar-refractivity contribution is -0.127. The molecule has 168 valence electrons. The molecule has 0 saturated carbocycles. The first-order valence-electron chi connectivity index (χ1n) is 10.9. The van der Waals surface area contributed by atoms with E-state index in [0.29, 0.717) is 6.54 Å². The number of benzene rings is 2. The molecule has 0 spiro atoms. The number of ether oxygens (including phenoxy) is 1. The number of rotatable bonds is 8. The third kappa shape index (κ3) is 5.07. The number of piperidine rings is 1. The van der Waals surface area contributed by atoms with Gasteiger partial charge < -0.3 is 14.5 Å². The maximum absolute atomic E-state index is 12.9. The van der Waals surface area contributed by atoms with Crippen molar-refractivity contribution in [1.29, 1.82) is 0 Å². The molecule has 0 bridgehead atoms. The highest BCUT2D eigenvalue weighted by Crippen LogP contribution is 2.28. The van der Waals surface area contributed by atoms with Crippen LogP contribution in [0.15, 0.2) is 59.8 Å². The molecule has 0 aliphatic carbocycles. The van der Waals surface area contributed by atoms with E-state index in [9.17, 15) is 4.79 Å². The standard InChI is InChI=1S/C24H29N5O2S/c1-27(17-19-11-7-8-14-21(19)31-2)22(30)18-32-24-26-25-23(28-15-9-4-10-16-28)29(24)20-12-5-3-6-13-20/h3,5-8,11-14H,4,9-10,15-18H2,1-2H3. The van der Waals surface area contributed by atoms with Crippen LogP contribution < -0.4 is 9.64 Å². The summed E-state index contributed by atoms with van der Waals surface area (Å²) in [4.78, 5) is 16.9. The number of carbonyl (C=O) groups excluding carboxylic acids is 1. The van der Waals surface area contributed by atoms with Crippen LogP contribution >= 0.6 is 11.8 Å². The smallest absolute Gasteiger partial charge is 0.233 e. The molecule has 1 aliphatic rings. The van der Waals surface area contributed by atoms with E-state index in [1.54, 1.807) is 12.0 Å². The molecular weight excluding hydrogens is 422 g/mol. The largest absolute Gasteiger partial charge is 0.496 e. The highest BCUT2D eigenvalue weighted by atomic mass is 32.2. The highest BCUT2D eigenvalue weighted by Gasteiger charge is 2.22. The number of aromatic nitrogens is 3. The molecule has 1 aromatic heterocycles. The molecule has 8 heteroatoms. The number of thioether (sulfide) groups is 1. The molecule has 1 fully saturated rings.